The Morgan fingerprint density at radius 3 is 2.27 bits per heavy atom. The molecule has 2 aliphatic carbocycles. The van der Waals surface area contributed by atoms with E-state index < -0.39 is 5.60 Å². The first-order valence-electron chi connectivity index (χ1n) is 12.0. The van der Waals surface area contributed by atoms with Crippen LogP contribution in [0.2, 0.25) is 0 Å². The fourth-order valence-electron chi connectivity index (χ4n) is 6.07. The van der Waals surface area contributed by atoms with Crippen molar-refractivity contribution in [3.05, 3.63) is 65.7 Å². The van der Waals surface area contributed by atoms with Crippen molar-refractivity contribution >= 4 is 11.7 Å². The van der Waals surface area contributed by atoms with E-state index in [1.54, 1.807) is 11.0 Å². The molecule has 2 aromatic carbocycles. The molecule has 1 heterocycles. The number of β-amino-alcohol motifs (C(OH)–C–C–N with tert-alkyl or cyclic N) is 1. The molecule has 2 saturated carbocycles. The molecule has 33 heavy (non-hydrogen) atoms. The van der Waals surface area contributed by atoms with Crippen LogP contribution in [-0.4, -0.2) is 47.3 Å². The van der Waals surface area contributed by atoms with Gasteiger partial charge in [0.15, 0.2) is 0 Å². The molecule has 0 unspecified atom stereocenters. The summed E-state index contributed by atoms with van der Waals surface area (Å²) in [4.78, 5) is 17.5. The quantitative estimate of drug-likeness (QED) is 0.726. The van der Waals surface area contributed by atoms with Gasteiger partial charge in [-0.25, -0.2) is 4.79 Å². The van der Waals surface area contributed by atoms with Crippen LogP contribution in [0, 0.1) is 11.3 Å². The first-order valence-corrected chi connectivity index (χ1v) is 12.0. The van der Waals surface area contributed by atoms with Crippen molar-refractivity contribution in [1.29, 1.82) is 5.26 Å². The second-order valence-electron chi connectivity index (χ2n) is 10.1. The molecule has 2 aromatic rings. The van der Waals surface area contributed by atoms with Crippen LogP contribution >= 0.6 is 0 Å². The van der Waals surface area contributed by atoms with E-state index in [9.17, 15) is 15.2 Å². The Morgan fingerprint density at radius 1 is 1.00 bits per heavy atom. The number of urea groups is 1. The molecular weight excluding hydrogens is 412 g/mol. The molecular formula is C27H32N4O2. The molecule has 0 radical (unpaired) electrons. The van der Waals surface area contributed by atoms with Gasteiger partial charge in [-0.3, -0.25) is 4.90 Å². The molecule has 2 amide bonds. The van der Waals surface area contributed by atoms with E-state index in [2.05, 4.69) is 35.7 Å². The molecule has 6 nitrogen and oxygen atoms in total. The van der Waals surface area contributed by atoms with E-state index in [1.807, 2.05) is 36.2 Å². The number of aliphatic hydroxyl groups is 1. The molecule has 6 heteroatoms. The lowest BCUT2D eigenvalue weighted by Gasteiger charge is -2.50. The third-order valence-electron chi connectivity index (χ3n) is 8.38. The molecule has 2 N–H and O–H groups in total. The molecule has 1 spiro atoms. The number of benzene rings is 2. The van der Waals surface area contributed by atoms with Crippen LogP contribution in [0.25, 0.3) is 0 Å². The maximum atomic E-state index is 13.8. The summed E-state index contributed by atoms with van der Waals surface area (Å²) in [7, 11) is 2.02. The molecule has 1 aliphatic heterocycles. The van der Waals surface area contributed by atoms with Gasteiger partial charge in [-0.05, 0) is 69.7 Å². The van der Waals surface area contributed by atoms with Gasteiger partial charge < -0.3 is 15.3 Å². The summed E-state index contributed by atoms with van der Waals surface area (Å²) in [6, 6.07) is 20.0. The number of hydrogen-bond acceptors (Lipinski definition) is 4. The number of amides is 2. The summed E-state index contributed by atoms with van der Waals surface area (Å²) in [6.07, 6.45) is 5.99. The van der Waals surface area contributed by atoms with Crippen molar-refractivity contribution in [2.45, 2.75) is 61.6 Å². The van der Waals surface area contributed by atoms with Crippen LogP contribution in [0.3, 0.4) is 0 Å². The number of nitriles is 1. The highest BCUT2D eigenvalue weighted by Crippen LogP contribution is 2.49. The Labute approximate surface area is 195 Å². The number of hydrogen-bond donors (Lipinski definition) is 2. The molecule has 3 aliphatic rings. The van der Waals surface area contributed by atoms with Gasteiger partial charge in [0.2, 0.25) is 0 Å². The van der Waals surface area contributed by atoms with Crippen molar-refractivity contribution in [3.8, 4) is 6.07 Å². The lowest BCUT2D eigenvalue weighted by atomic mass is 9.68. The predicted octanol–water partition coefficient (Wildman–Crippen LogP) is 4.14. The van der Waals surface area contributed by atoms with E-state index >= 15 is 0 Å². The Kier molecular flexibility index (Phi) is 5.43. The van der Waals surface area contributed by atoms with Gasteiger partial charge >= 0.3 is 6.03 Å². The molecule has 172 valence electrons. The average Bonchev–Trinajstić information content (AvgIpc) is 3.10. The van der Waals surface area contributed by atoms with Crippen LogP contribution < -0.4 is 10.2 Å². The van der Waals surface area contributed by atoms with E-state index in [1.165, 1.54) is 5.56 Å². The summed E-state index contributed by atoms with van der Waals surface area (Å²) in [5.41, 5.74) is 1.20. The van der Waals surface area contributed by atoms with Crippen molar-refractivity contribution in [3.63, 3.8) is 0 Å². The highest BCUT2D eigenvalue weighted by atomic mass is 16.3. The molecule has 0 bridgehead atoms. The van der Waals surface area contributed by atoms with Gasteiger partial charge in [0.25, 0.3) is 0 Å². The van der Waals surface area contributed by atoms with Crippen LogP contribution in [0.4, 0.5) is 10.5 Å². The van der Waals surface area contributed by atoms with Crippen molar-refractivity contribution in [1.82, 2.24) is 10.2 Å². The highest BCUT2D eigenvalue weighted by Gasteiger charge is 2.56. The Balaban J connectivity index is 1.48. The van der Waals surface area contributed by atoms with E-state index in [4.69, 9.17) is 0 Å². The summed E-state index contributed by atoms with van der Waals surface area (Å²) >= 11 is 0. The zero-order chi connectivity index (χ0) is 23.1. The lowest BCUT2D eigenvalue weighted by Crippen LogP contribution is -2.59. The zero-order valence-corrected chi connectivity index (χ0v) is 19.3. The smallest absolute Gasteiger partial charge is 0.325 e. The zero-order valence-electron chi connectivity index (χ0n) is 19.3. The standard InChI is InChI=1S/C27H32N4O2/c1-29-27(22-9-3-2-4-10-22)16-14-25(15-17-27)19-30(23-11-6-5-8-21(23)18-28)24(32)31(25)20-26(33)12-7-13-26/h2-6,8-11,29,33H,7,12-17,19-20H2,1H3. The minimum absolute atomic E-state index is 0.0882. The molecule has 0 atom stereocenters. The molecule has 0 aromatic heterocycles. The van der Waals surface area contributed by atoms with Crippen LogP contribution in [-0.2, 0) is 5.54 Å². The fraction of sp³-hybridized carbons (Fsp3) is 0.481. The minimum atomic E-state index is -0.787. The van der Waals surface area contributed by atoms with Gasteiger partial charge in [0.1, 0.15) is 6.07 Å². The lowest BCUT2D eigenvalue weighted by molar-refractivity contribution is -0.0690. The number of rotatable bonds is 5. The highest BCUT2D eigenvalue weighted by molar-refractivity contribution is 5.96. The molecule has 1 saturated heterocycles. The van der Waals surface area contributed by atoms with Crippen LogP contribution in [0.15, 0.2) is 54.6 Å². The number of para-hydroxylation sites is 1. The van der Waals surface area contributed by atoms with Gasteiger partial charge in [0, 0.05) is 5.54 Å². The third kappa shape index (κ3) is 3.60. The summed E-state index contributed by atoms with van der Waals surface area (Å²) < 4.78 is 0. The Hall–Kier alpha value is -2.88. The maximum absolute atomic E-state index is 13.8. The van der Waals surface area contributed by atoms with Gasteiger partial charge in [-0.1, -0.05) is 42.5 Å². The topological polar surface area (TPSA) is 79.6 Å². The number of carbonyl (C=O) groups is 1. The maximum Gasteiger partial charge on any atom is 0.325 e. The number of carbonyl (C=O) groups excluding carboxylic acids is 1. The second kappa shape index (κ2) is 8.16. The Bertz CT molecular complexity index is 1070. The van der Waals surface area contributed by atoms with Crippen molar-refractivity contribution < 1.29 is 9.90 Å². The first-order chi connectivity index (χ1) is 15.9. The predicted molar refractivity (Wildman–Crippen MR) is 128 cm³/mol. The molecule has 5 rings (SSSR count). The van der Waals surface area contributed by atoms with Gasteiger partial charge in [-0.15, -0.1) is 0 Å². The summed E-state index contributed by atoms with van der Waals surface area (Å²) in [6.45, 7) is 0.921. The average molecular weight is 445 g/mol. The van der Waals surface area contributed by atoms with Crippen LogP contribution in [0.1, 0.15) is 56.1 Å². The van der Waals surface area contributed by atoms with Gasteiger partial charge in [0.05, 0.1) is 35.5 Å². The number of nitrogens with zero attached hydrogens (tertiary/aromatic N) is 3. The monoisotopic (exact) mass is 444 g/mol. The SMILES string of the molecule is CNC1(c2ccccc2)CCC2(CC1)CN(c1ccccc1C#N)C(=O)N2CC1(O)CCC1. The van der Waals surface area contributed by atoms with Crippen LogP contribution in [0.5, 0.6) is 0 Å². The summed E-state index contributed by atoms with van der Waals surface area (Å²) in [5, 5.41) is 24.2. The summed E-state index contributed by atoms with van der Waals surface area (Å²) in [5.74, 6) is 0. The van der Waals surface area contributed by atoms with E-state index in [-0.39, 0.29) is 17.1 Å². The normalized spacial score (nSPS) is 28.6. The van der Waals surface area contributed by atoms with Crippen molar-refractivity contribution in [2.24, 2.45) is 0 Å². The number of nitrogens with one attached hydrogen (secondary N) is 1. The third-order valence-corrected chi connectivity index (χ3v) is 8.38. The largest absolute Gasteiger partial charge is 0.388 e. The molecule has 3 fully saturated rings. The van der Waals surface area contributed by atoms with E-state index in [0.29, 0.717) is 24.3 Å². The fourth-order valence-corrected chi connectivity index (χ4v) is 6.07. The van der Waals surface area contributed by atoms with E-state index in [0.717, 1.165) is 44.9 Å². The second-order valence-corrected chi connectivity index (χ2v) is 10.1. The first kappa shape index (κ1) is 21.9. The Morgan fingerprint density at radius 2 is 1.67 bits per heavy atom. The van der Waals surface area contributed by atoms with Crippen molar-refractivity contribution in [2.75, 3.05) is 25.0 Å². The minimum Gasteiger partial charge on any atom is -0.388 e. The van der Waals surface area contributed by atoms with Gasteiger partial charge in [-0.2, -0.15) is 5.26 Å². The number of anilines is 1.